The Hall–Kier alpha value is -2.12. The summed E-state index contributed by atoms with van der Waals surface area (Å²) in [6.07, 6.45) is 0. The van der Waals surface area contributed by atoms with Gasteiger partial charge in [-0.3, -0.25) is 4.79 Å². The van der Waals surface area contributed by atoms with Gasteiger partial charge in [0, 0.05) is 18.5 Å². The van der Waals surface area contributed by atoms with Gasteiger partial charge in [0.15, 0.2) is 6.61 Å². The Balaban J connectivity index is 0.00000208. The molecule has 0 radical (unpaired) electrons. The van der Waals surface area contributed by atoms with E-state index in [1.54, 1.807) is 19.1 Å². The van der Waals surface area contributed by atoms with Crippen molar-refractivity contribution < 1.29 is 14.1 Å². The SMILES string of the molecule is Cc1nc(COc2ccc(NC(=O)C(C)C3CNC3)cc2)no1.Cl. The molecule has 0 bridgehead atoms. The molecule has 24 heavy (non-hydrogen) atoms. The molecule has 1 aromatic carbocycles. The molecule has 1 amide bonds. The topological polar surface area (TPSA) is 89.3 Å². The average Bonchev–Trinajstić information content (AvgIpc) is 2.90. The monoisotopic (exact) mass is 352 g/mol. The fourth-order valence-corrected chi connectivity index (χ4v) is 2.32. The highest BCUT2D eigenvalue weighted by atomic mass is 35.5. The highest BCUT2D eigenvalue weighted by molar-refractivity contribution is 5.92. The minimum absolute atomic E-state index is 0. The number of halogens is 1. The number of amides is 1. The van der Waals surface area contributed by atoms with E-state index in [2.05, 4.69) is 20.8 Å². The highest BCUT2D eigenvalue weighted by Gasteiger charge is 2.28. The number of benzene rings is 1. The van der Waals surface area contributed by atoms with Crippen LogP contribution in [0.25, 0.3) is 0 Å². The van der Waals surface area contributed by atoms with Gasteiger partial charge in [-0.15, -0.1) is 12.4 Å². The minimum atomic E-state index is 0. The van der Waals surface area contributed by atoms with Crippen molar-refractivity contribution in [1.29, 1.82) is 0 Å². The van der Waals surface area contributed by atoms with E-state index in [-0.39, 0.29) is 30.8 Å². The van der Waals surface area contributed by atoms with Gasteiger partial charge in [-0.2, -0.15) is 4.98 Å². The standard InChI is InChI=1S/C16H20N4O3.ClH/c1-10(12-7-17-8-12)16(21)19-13-3-5-14(6-4-13)22-9-15-18-11(2)23-20-15;/h3-6,10,12,17H,7-9H2,1-2H3,(H,19,21);1H. The molecule has 2 heterocycles. The fraction of sp³-hybridized carbons (Fsp3) is 0.438. The molecule has 1 fully saturated rings. The van der Waals surface area contributed by atoms with Gasteiger partial charge in [-0.05, 0) is 43.3 Å². The number of hydrogen-bond acceptors (Lipinski definition) is 6. The van der Waals surface area contributed by atoms with Crippen LogP contribution in [0.2, 0.25) is 0 Å². The summed E-state index contributed by atoms with van der Waals surface area (Å²) in [6.45, 7) is 5.77. The number of aryl methyl sites for hydroxylation is 1. The molecule has 1 aliphatic rings. The molecular weight excluding hydrogens is 332 g/mol. The molecule has 1 unspecified atom stereocenters. The molecular formula is C16H21ClN4O3. The quantitative estimate of drug-likeness (QED) is 0.828. The summed E-state index contributed by atoms with van der Waals surface area (Å²) in [4.78, 5) is 16.2. The van der Waals surface area contributed by atoms with Crippen LogP contribution in [0.5, 0.6) is 5.75 Å². The third-order valence-corrected chi connectivity index (χ3v) is 3.99. The second kappa shape index (κ2) is 8.12. The van der Waals surface area contributed by atoms with Crippen LogP contribution >= 0.6 is 12.4 Å². The van der Waals surface area contributed by atoms with Gasteiger partial charge in [0.05, 0.1) is 0 Å². The van der Waals surface area contributed by atoms with E-state index in [1.807, 2.05) is 19.1 Å². The first-order valence-electron chi connectivity index (χ1n) is 7.65. The van der Waals surface area contributed by atoms with E-state index in [9.17, 15) is 4.79 Å². The van der Waals surface area contributed by atoms with Crippen LogP contribution in [0.3, 0.4) is 0 Å². The van der Waals surface area contributed by atoms with Gasteiger partial charge < -0.3 is 19.9 Å². The number of nitrogens with zero attached hydrogens (tertiary/aromatic N) is 2. The zero-order valence-corrected chi connectivity index (χ0v) is 14.4. The van der Waals surface area contributed by atoms with Crippen LogP contribution in [0.15, 0.2) is 28.8 Å². The molecule has 0 saturated carbocycles. The highest BCUT2D eigenvalue weighted by Crippen LogP contribution is 2.20. The van der Waals surface area contributed by atoms with Crippen molar-refractivity contribution in [3.63, 3.8) is 0 Å². The number of nitrogens with one attached hydrogen (secondary N) is 2. The maximum Gasteiger partial charge on any atom is 0.227 e. The molecule has 1 aliphatic heterocycles. The summed E-state index contributed by atoms with van der Waals surface area (Å²) >= 11 is 0. The Bertz CT molecular complexity index is 670. The van der Waals surface area contributed by atoms with Crippen LogP contribution in [0.4, 0.5) is 5.69 Å². The molecule has 7 nitrogen and oxygen atoms in total. The van der Waals surface area contributed by atoms with E-state index in [4.69, 9.17) is 9.26 Å². The maximum absolute atomic E-state index is 12.1. The number of rotatable bonds is 6. The lowest BCUT2D eigenvalue weighted by atomic mass is 9.88. The smallest absolute Gasteiger partial charge is 0.227 e. The van der Waals surface area contributed by atoms with Gasteiger partial charge in [-0.1, -0.05) is 12.1 Å². The van der Waals surface area contributed by atoms with Crippen molar-refractivity contribution in [2.24, 2.45) is 11.8 Å². The third kappa shape index (κ3) is 4.46. The molecule has 2 aromatic rings. The van der Waals surface area contributed by atoms with Crippen LogP contribution in [-0.2, 0) is 11.4 Å². The molecule has 3 rings (SSSR count). The van der Waals surface area contributed by atoms with Crippen molar-refractivity contribution in [2.75, 3.05) is 18.4 Å². The summed E-state index contributed by atoms with van der Waals surface area (Å²) < 4.78 is 10.4. The van der Waals surface area contributed by atoms with Crippen molar-refractivity contribution in [3.8, 4) is 5.75 Å². The van der Waals surface area contributed by atoms with E-state index >= 15 is 0 Å². The number of aromatic nitrogens is 2. The zero-order chi connectivity index (χ0) is 16.2. The lowest BCUT2D eigenvalue weighted by Gasteiger charge is -2.31. The molecule has 1 atom stereocenters. The Labute approximate surface area is 146 Å². The Morgan fingerprint density at radius 1 is 1.42 bits per heavy atom. The number of hydrogen-bond donors (Lipinski definition) is 2. The summed E-state index contributed by atoms with van der Waals surface area (Å²) in [7, 11) is 0. The Morgan fingerprint density at radius 2 is 2.12 bits per heavy atom. The number of carbonyl (C=O) groups excluding carboxylic acids is 1. The molecule has 0 aliphatic carbocycles. The largest absolute Gasteiger partial charge is 0.485 e. The Morgan fingerprint density at radius 3 is 2.67 bits per heavy atom. The number of carbonyl (C=O) groups is 1. The Kier molecular flexibility index (Phi) is 6.16. The number of anilines is 1. The van der Waals surface area contributed by atoms with Gasteiger partial charge in [0.1, 0.15) is 5.75 Å². The van der Waals surface area contributed by atoms with Crippen molar-refractivity contribution in [2.45, 2.75) is 20.5 Å². The first-order valence-corrected chi connectivity index (χ1v) is 7.65. The van der Waals surface area contributed by atoms with E-state index < -0.39 is 0 Å². The van der Waals surface area contributed by atoms with Crippen LogP contribution < -0.4 is 15.4 Å². The lowest BCUT2D eigenvalue weighted by Crippen LogP contribution is -2.48. The van der Waals surface area contributed by atoms with Crippen LogP contribution in [0.1, 0.15) is 18.6 Å². The van der Waals surface area contributed by atoms with Gasteiger partial charge in [0.2, 0.25) is 17.6 Å². The summed E-state index contributed by atoms with van der Waals surface area (Å²) in [5.74, 6) is 2.18. The molecule has 1 saturated heterocycles. The van der Waals surface area contributed by atoms with E-state index in [1.165, 1.54) is 0 Å². The number of ether oxygens (including phenoxy) is 1. The van der Waals surface area contributed by atoms with Gasteiger partial charge in [-0.25, -0.2) is 0 Å². The average molecular weight is 353 g/mol. The lowest BCUT2D eigenvalue weighted by molar-refractivity contribution is -0.121. The first-order chi connectivity index (χ1) is 11.1. The molecule has 2 N–H and O–H groups in total. The molecule has 130 valence electrons. The van der Waals surface area contributed by atoms with Crippen LogP contribution in [-0.4, -0.2) is 29.1 Å². The summed E-state index contributed by atoms with van der Waals surface area (Å²) in [5, 5.41) is 9.88. The minimum Gasteiger partial charge on any atom is -0.485 e. The molecule has 0 spiro atoms. The van der Waals surface area contributed by atoms with Crippen molar-refractivity contribution in [1.82, 2.24) is 15.5 Å². The normalized spacial score (nSPS) is 15.1. The third-order valence-electron chi connectivity index (χ3n) is 3.99. The predicted octanol–water partition coefficient (Wildman–Crippen LogP) is 2.17. The van der Waals surface area contributed by atoms with Crippen LogP contribution in [0, 0.1) is 18.8 Å². The maximum atomic E-state index is 12.1. The molecule has 8 heteroatoms. The van der Waals surface area contributed by atoms with Gasteiger partial charge >= 0.3 is 0 Å². The van der Waals surface area contributed by atoms with E-state index in [0.717, 1.165) is 18.8 Å². The predicted molar refractivity (Wildman–Crippen MR) is 91.2 cm³/mol. The summed E-state index contributed by atoms with van der Waals surface area (Å²) in [5.41, 5.74) is 0.761. The van der Waals surface area contributed by atoms with E-state index in [0.29, 0.717) is 23.4 Å². The van der Waals surface area contributed by atoms with Crippen molar-refractivity contribution in [3.05, 3.63) is 36.0 Å². The van der Waals surface area contributed by atoms with Gasteiger partial charge in [0.25, 0.3) is 0 Å². The summed E-state index contributed by atoms with van der Waals surface area (Å²) in [6, 6.07) is 7.25. The first kappa shape index (κ1) is 18.2. The second-order valence-corrected chi connectivity index (χ2v) is 5.74. The second-order valence-electron chi connectivity index (χ2n) is 5.74. The molecule has 1 aromatic heterocycles. The zero-order valence-electron chi connectivity index (χ0n) is 13.6. The van der Waals surface area contributed by atoms with Crippen molar-refractivity contribution >= 4 is 24.0 Å². The fourth-order valence-electron chi connectivity index (χ4n) is 2.32.